The fourth-order valence-corrected chi connectivity index (χ4v) is 11.0. The van der Waals surface area contributed by atoms with E-state index in [1.54, 1.807) is 11.1 Å². The van der Waals surface area contributed by atoms with Crippen molar-refractivity contribution in [1.29, 1.82) is 0 Å². The molecule has 4 rings (SSSR count). The van der Waals surface area contributed by atoms with Gasteiger partial charge in [-0.3, -0.25) is 0 Å². The first-order chi connectivity index (χ1) is 12.9. The van der Waals surface area contributed by atoms with Gasteiger partial charge in [-0.15, -0.1) is 0 Å². The first-order valence-corrected chi connectivity index (χ1v) is 14.0. The van der Waals surface area contributed by atoms with E-state index in [9.17, 15) is 0 Å². The summed E-state index contributed by atoms with van der Waals surface area (Å²) in [6.07, 6.45) is 22.1. The first-order valence-electron chi connectivity index (χ1n) is 11.5. The molecule has 0 aromatic rings. The second-order valence-corrected chi connectivity index (χ2v) is 13.4. The third kappa shape index (κ3) is 5.09. The van der Waals surface area contributed by atoms with Crippen LogP contribution in [0.2, 0.25) is 0 Å². The van der Waals surface area contributed by atoms with Crippen molar-refractivity contribution in [3.63, 3.8) is 0 Å². The van der Waals surface area contributed by atoms with Crippen LogP contribution in [0.3, 0.4) is 0 Å². The number of hydrogen-bond acceptors (Lipinski definition) is 0. The van der Waals surface area contributed by atoms with Crippen LogP contribution in [0.1, 0.15) is 105 Å². The zero-order chi connectivity index (χ0) is 19.1. The summed E-state index contributed by atoms with van der Waals surface area (Å²) in [6.45, 7) is 10.1. The molecule has 0 spiro atoms. The fraction of sp³-hybridized carbons (Fsp3) is 0.692. The van der Waals surface area contributed by atoms with Gasteiger partial charge in [0.1, 0.15) is 0 Å². The van der Waals surface area contributed by atoms with E-state index < -0.39 is 23.2 Å². The molecular weight excluding hydrogens is 474 g/mol. The van der Waals surface area contributed by atoms with Gasteiger partial charge in [0.15, 0.2) is 0 Å². The van der Waals surface area contributed by atoms with Crippen LogP contribution in [0.5, 0.6) is 0 Å². The Balaban J connectivity index is 0.00000150. The van der Waals surface area contributed by atoms with Crippen LogP contribution in [-0.2, 0) is 23.2 Å². The number of halogens is 2. The summed E-state index contributed by atoms with van der Waals surface area (Å²) in [6, 6.07) is 0. The third-order valence-electron chi connectivity index (χ3n) is 8.08. The standard InChI is InChI=1S/2C13H19.2ClH.Zr/c2*1-11-6-7-12(10-11)13(2)8-4-3-5-9-13;;;/h2*7H,3-6,8-9H2,1-2H3;2*1H;/q;;;;+2/p-2. The average molecular weight is 513 g/mol. The Morgan fingerprint density at radius 3 is 1.31 bits per heavy atom. The summed E-state index contributed by atoms with van der Waals surface area (Å²) in [7, 11) is 0. The molecule has 0 aromatic heterocycles. The van der Waals surface area contributed by atoms with Gasteiger partial charge in [-0.2, -0.15) is 0 Å². The molecule has 4 aliphatic carbocycles. The molecule has 0 saturated heterocycles. The van der Waals surface area contributed by atoms with Crippen LogP contribution in [0.4, 0.5) is 0 Å². The Hall–Kier alpha value is 0.423. The van der Waals surface area contributed by atoms with Crippen LogP contribution in [-0.4, -0.2) is 0 Å². The normalized spacial score (nSPS) is 25.7. The molecular formula is C26H38Cl2Zr. The second kappa shape index (κ2) is 10.4. The molecule has 2 saturated carbocycles. The molecule has 4 aliphatic rings. The third-order valence-corrected chi connectivity index (χ3v) is 12.7. The van der Waals surface area contributed by atoms with Crippen LogP contribution >= 0.6 is 0 Å². The smallest absolute Gasteiger partial charge is 1.00 e. The average Bonchev–Trinajstić information content (AvgIpc) is 3.21. The number of rotatable bonds is 4. The molecule has 0 unspecified atom stereocenters. The van der Waals surface area contributed by atoms with E-state index in [2.05, 4.69) is 39.8 Å². The summed E-state index contributed by atoms with van der Waals surface area (Å²) in [5, 5.41) is 0. The minimum absolute atomic E-state index is 0. The van der Waals surface area contributed by atoms with Crippen LogP contribution < -0.4 is 24.8 Å². The second-order valence-electron chi connectivity index (χ2n) is 10.3. The molecule has 0 aromatic carbocycles. The van der Waals surface area contributed by atoms with Gasteiger partial charge < -0.3 is 24.8 Å². The first kappa shape index (κ1) is 25.7. The zero-order valence-electron chi connectivity index (χ0n) is 18.9. The summed E-state index contributed by atoms with van der Waals surface area (Å²) in [5.74, 6) is 0. The Kier molecular flexibility index (Phi) is 9.17. The molecule has 160 valence electrons. The van der Waals surface area contributed by atoms with Crippen molar-refractivity contribution in [3.05, 3.63) is 41.0 Å². The van der Waals surface area contributed by atoms with E-state index in [4.69, 9.17) is 0 Å². The van der Waals surface area contributed by atoms with Gasteiger partial charge in [-0.1, -0.05) is 0 Å². The Labute approximate surface area is 203 Å². The van der Waals surface area contributed by atoms with Gasteiger partial charge >= 0.3 is 180 Å². The van der Waals surface area contributed by atoms with Crippen LogP contribution in [0.15, 0.2) is 41.0 Å². The van der Waals surface area contributed by atoms with E-state index in [1.165, 1.54) is 77.0 Å². The van der Waals surface area contributed by atoms with Crippen molar-refractivity contribution < 1.29 is 48.0 Å². The van der Waals surface area contributed by atoms with Crippen molar-refractivity contribution >= 4 is 0 Å². The molecule has 0 radical (unpaired) electrons. The van der Waals surface area contributed by atoms with Crippen molar-refractivity contribution in [1.82, 2.24) is 0 Å². The van der Waals surface area contributed by atoms with Gasteiger partial charge in [0.2, 0.25) is 0 Å². The molecule has 3 heteroatoms. The predicted molar refractivity (Wildman–Crippen MR) is 113 cm³/mol. The summed E-state index contributed by atoms with van der Waals surface area (Å²) in [4.78, 5) is 0. The SMILES string of the molecule is CC1=[C]([Zr+2][C]2=C(C)CC=C2C2(C)CCCCC2)C(C2(C)CCCCC2)=CC1.[Cl-].[Cl-]. The molecule has 0 amide bonds. The molecule has 0 bridgehead atoms. The molecule has 0 aliphatic heterocycles. The molecule has 0 heterocycles. The van der Waals surface area contributed by atoms with Gasteiger partial charge in [-0.05, 0) is 0 Å². The maximum Gasteiger partial charge on any atom is -1.00 e. The minimum atomic E-state index is -0.720. The minimum Gasteiger partial charge on any atom is -1.00 e. The topological polar surface area (TPSA) is 0 Å². The summed E-state index contributed by atoms with van der Waals surface area (Å²) < 4.78 is 3.79. The number of hydrogen-bond donors (Lipinski definition) is 0. The van der Waals surface area contributed by atoms with E-state index in [0.29, 0.717) is 10.8 Å². The fourth-order valence-electron chi connectivity index (χ4n) is 6.15. The Bertz CT molecular complexity index is 664. The number of allylic oxidation sites excluding steroid dienone is 8. The van der Waals surface area contributed by atoms with Gasteiger partial charge in [0, 0.05) is 0 Å². The van der Waals surface area contributed by atoms with Crippen LogP contribution in [0, 0.1) is 10.8 Å². The van der Waals surface area contributed by atoms with Crippen molar-refractivity contribution in [2.75, 3.05) is 0 Å². The predicted octanol–water partition coefficient (Wildman–Crippen LogP) is 2.23. The Morgan fingerprint density at radius 2 is 0.966 bits per heavy atom. The maximum atomic E-state index is 2.65. The maximum absolute atomic E-state index is 2.65. The monoisotopic (exact) mass is 510 g/mol. The molecule has 0 nitrogen and oxygen atoms in total. The van der Waals surface area contributed by atoms with E-state index in [1.807, 2.05) is 17.7 Å². The summed E-state index contributed by atoms with van der Waals surface area (Å²) >= 11 is -0.720. The molecule has 0 atom stereocenters. The van der Waals surface area contributed by atoms with Crippen molar-refractivity contribution in [2.24, 2.45) is 10.8 Å². The van der Waals surface area contributed by atoms with Crippen LogP contribution in [0.25, 0.3) is 0 Å². The Morgan fingerprint density at radius 1 is 0.621 bits per heavy atom. The molecule has 29 heavy (non-hydrogen) atoms. The van der Waals surface area contributed by atoms with E-state index in [-0.39, 0.29) is 24.8 Å². The zero-order valence-corrected chi connectivity index (χ0v) is 22.9. The van der Waals surface area contributed by atoms with Gasteiger partial charge in [0.05, 0.1) is 0 Å². The van der Waals surface area contributed by atoms with Gasteiger partial charge in [-0.25, -0.2) is 0 Å². The van der Waals surface area contributed by atoms with Crippen molar-refractivity contribution in [2.45, 2.75) is 105 Å². The van der Waals surface area contributed by atoms with Gasteiger partial charge in [0.25, 0.3) is 0 Å². The van der Waals surface area contributed by atoms with Crippen molar-refractivity contribution in [3.8, 4) is 0 Å². The molecule has 0 N–H and O–H groups in total. The van der Waals surface area contributed by atoms with E-state index >= 15 is 0 Å². The summed E-state index contributed by atoms with van der Waals surface area (Å²) in [5.41, 5.74) is 8.04. The molecule has 2 fully saturated rings. The van der Waals surface area contributed by atoms with E-state index in [0.717, 1.165) is 0 Å². The largest absolute Gasteiger partial charge is 1.00 e. The quantitative estimate of drug-likeness (QED) is 0.542.